The van der Waals surface area contributed by atoms with Gasteiger partial charge in [0, 0.05) is 12.1 Å². The normalized spacial score (nSPS) is 11.7. The van der Waals surface area contributed by atoms with Crippen molar-refractivity contribution in [1.29, 1.82) is 0 Å². The fourth-order valence-corrected chi connectivity index (χ4v) is 1.85. The summed E-state index contributed by atoms with van der Waals surface area (Å²) in [4.78, 5) is 18.8. The first-order chi connectivity index (χ1) is 11.4. The Morgan fingerprint density at radius 2 is 1.92 bits per heavy atom. The lowest BCUT2D eigenvalue weighted by Crippen LogP contribution is -2.33. The van der Waals surface area contributed by atoms with E-state index in [0.717, 1.165) is 13.0 Å². The van der Waals surface area contributed by atoms with E-state index in [2.05, 4.69) is 29.1 Å². The maximum absolute atomic E-state index is 12.3. The van der Waals surface area contributed by atoms with E-state index in [9.17, 15) is 4.79 Å². The van der Waals surface area contributed by atoms with Crippen LogP contribution in [0.25, 0.3) is 0 Å². The van der Waals surface area contributed by atoms with Crippen LogP contribution in [-0.4, -0.2) is 57.7 Å². The van der Waals surface area contributed by atoms with Gasteiger partial charge in [-0.05, 0) is 57.2 Å². The topological polar surface area (TPSA) is 63.2 Å². The highest BCUT2D eigenvalue weighted by Crippen LogP contribution is 2.11. The maximum Gasteiger partial charge on any atom is 0.291 e. The molecule has 0 aliphatic carbocycles. The van der Waals surface area contributed by atoms with E-state index in [1.165, 1.54) is 0 Å². The molecule has 134 valence electrons. The Kier molecular flexibility index (Phi) is 8.86. The number of nitrogens with zero attached hydrogens (tertiary/aromatic N) is 2. The Hall–Kier alpha value is -2.08. The number of hydrogen-bond donors (Lipinski definition) is 1. The third-order valence-corrected chi connectivity index (χ3v) is 3.14. The Balaban J connectivity index is 2.66. The number of amidine groups is 1. The summed E-state index contributed by atoms with van der Waals surface area (Å²) in [7, 11) is 5.63. The second-order valence-electron chi connectivity index (χ2n) is 6.23. The molecule has 0 spiro atoms. The standard InChI is InChI=1S/C18H29N3O3/c1-14(2)13-24-18(19-11-6-12-21(3)4)20-17(22)15-7-9-16(23-5)10-8-15/h7-10,14H,6,11-13H2,1-5H3,(H,19,20,22). The molecule has 0 aliphatic rings. The summed E-state index contributed by atoms with van der Waals surface area (Å²) in [5.41, 5.74) is 0.532. The predicted molar refractivity (Wildman–Crippen MR) is 96.7 cm³/mol. The Morgan fingerprint density at radius 1 is 1.25 bits per heavy atom. The van der Waals surface area contributed by atoms with E-state index in [0.29, 0.717) is 30.4 Å². The van der Waals surface area contributed by atoms with Crippen LogP contribution < -0.4 is 10.1 Å². The van der Waals surface area contributed by atoms with Gasteiger partial charge in [-0.2, -0.15) is 0 Å². The van der Waals surface area contributed by atoms with Gasteiger partial charge in [0.05, 0.1) is 13.7 Å². The van der Waals surface area contributed by atoms with E-state index in [1.807, 2.05) is 14.1 Å². The number of aliphatic imine (C=N–C) groups is 1. The first-order valence-electron chi connectivity index (χ1n) is 8.19. The van der Waals surface area contributed by atoms with Crippen LogP contribution in [0.5, 0.6) is 5.75 Å². The first-order valence-corrected chi connectivity index (χ1v) is 8.19. The number of methoxy groups -OCH3 is 1. The van der Waals surface area contributed by atoms with Crippen LogP contribution in [0.15, 0.2) is 29.3 Å². The van der Waals surface area contributed by atoms with Gasteiger partial charge in [-0.3, -0.25) is 10.1 Å². The lowest BCUT2D eigenvalue weighted by Gasteiger charge is -2.13. The van der Waals surface area contributed by atoms with Crippen molar-refractivity contribution in [1.82, 2.24) is 10.2 Å². The zero-order chi connectivity index (χ0) is 17.9. The highest BCUT2D eigenvalue weighted by atomic mass is 16.5. The minimum absolute atomic E-state index is 0.243. The zero-order valence-corrected chi connectivity index (χ0v) is 15.3. The van der Waals surface area contributed by atoms with Gasteiger partial charge in [0.15, 0.2) is 0 Å². The number of carbonyl (C=O) groups excluding carboxylic acids is 1. The molecule has 1 N–H and O–H groups in total. The number of hydrogen-bond acceptors (Lipinski definition) is 5. The summed E-state index contributed by atoms with van der Waals surface area (Å²) in [6, 6.07) is 7.19. The lowest BCUT2D eigenvalue weighted by molar-refractivity contribution is 0.0963. The Bertz CT molecular complexity index is 525. The van der Waals surface area contributed by atoms with E-state index in [-0.39, 0.29) is 11.9 Å². The van der Waals surface area contributed by atoms with Crippen LogP contribution in [0, 0.1) is 5.92 Å². The summed E-state index contributed by atoms with van der Waals surface area (Å²) >= 11 is 0. The molecule has 24 heavy (non-hydrogen) atoms. The second-order valence-corrected chi connectivity index (χ2v) is 6.23. The van der Waals surface area contributed by atoms with Crippen molar-refractivity contribution in [3.05, 3.63) is 29.8 Å². The fourth-order valence-electron chi connectivity index (χ4n) is 1.85. The molecule has 1 aromatic carbocycles. The van der Waals surface area contributed by atoms with Crippen molar-refractivity contribution in [2.24, 2.45) is 10.9 Å². The van der Waals surface area contributed by atoms with Crippen LogP contribution in [0.1, 0.15) is 30.6 Å². The van der Waals surface area contributed by atoms with Gasteiger partial charge in [-0.15, -0.1) is 0 Å². The average Bonchev–Trinajstić information content (AvgIpc) is 2.55. The summed E-state index contributed by atoms with van der Waals surface area (Å²) in [5.74, 6) is 0.822. The molecule has 1 aromatic rings. The minimum atomic E-state index is -0.243. The fraction of sp³-hybridized carbons (Fsp3) is 0.556. The Morgan fingerprint density at radius 3 is 2.46 bits per heavy atom. The van der Waals surface area contributed by atoms with Crippen LogP contribution in [0.2, 0.25) is 0 Å². The molecule has 0 aromatic heterocycles. The molecule has 0 aliphatic heterocycles. The number of benzene rings is 1. The van der Waals surface area contributed by atoms with Crippen molar-refractivity contribution < 1.29 is 14.3 Å². The summed E-state index contributed by atoms with van der Waals surface area (Å²) in [6.45, 7) is 6.15. The number of rotatable bonds is 8. The van der Waals surface area contributed by atoms with E-state index >= 15 is 0 Å². The van der Waals surface area contributed by atoms with Gasteiger partial charge in [0.1, 0.15) is 5.75 Å². The largest absolute Gasteiger partial charge is 0.497 e. The molecule has 0 radical (unpaired) electrons. The summed E-state index contributed by atoms with van der Waals surface area (Å²) in [5, 5.41) is 2.75. The molecule has 0 heterocycles. The monoisotopic (exact) mass is 335 g/mol. The third-order valence-electron chi connectivity index (χ3n) is 3.14. The Labute approximate surface area is 144 Å². The molecule has 1 rings (SSSR count). The molecule has 0 fully saturated rings. The molecule has 1 amide bonds. The van der Waals surface area contributed by atoms with E-state index < -0.39 is 0 Å². The quantitative estimate of drug-likeness (QED) is 0.450. The molecular weight excluding hydrogens is 306 g/mol. The van der Waals surface area contributed by atoms with Crippen LogP contribution in [0.4, 0.5) is 0 Å². The summed E-state index contributed by atoms with van der Waals surface area (Å²) in [6.07, 6.45) is 0.903. The highest BCUT2D eigenvalue weighted by Gasteiger charge is 2.11. The van der Waals surface area contributed by atoms with Gasteiger partial charge in [0.25, 0.3) is 11.9 Å². The third kappa shape index (κ3) is 7.97. The van der Waals surface area contributed by atoms with Crippen molar-refractivity contribution in [2.75, 3.05) is 40.9 Å². The van der Waals surface area contributed by atoms with E-state index in [1.54, 1.807) is 31.4 Å². The lowest BCUT2D eigenvalue weighted by atomic mass is 10.2. The van der Waals surface area contributed by atoms with Crippen molar-refractivity contribution in [2.45, 2.75) is 20.3 Å². The molecule has 0 atom stereocenters. The molecule has 6 heteroatoms. The van der Waals surface area contributed by atoms with Gasteiger partial charge in [0.2, 0.25) is 0 Å². The van der Waals surface area contributed by atoms with Gasteiger partial charge in [-0.1, -0.05) is 13.8 Å². The molecule has 6 nitrogen and oxygen atoms in total. The molecule has 0 bridgehead atoms. The number of nitrogens with one attached hydrogen (secondary N) is 1. The minimum Gasteiger partial charge on any atom is -0.497 e. The van der Waals surface area contributed by atoms with Crippen LogP contribution in [0.3, 0.4) is 0 Å². The molecule has 0 saturated heterocycles. The predicted octanol–water partition coefficient (Wildman–Crippen LogP) is 2.41. The van der Waals surface area contributed by atoms with Crippen LogP contribution >= 0.6 is 0 Å². The van der Waals surface area contributed by atoms with E-state index in [4.69, 9.17) is 9.47 Å². The number of amides is 1. The molecular formula is C18H29N3O3. The zero-order valence-electron chi connectivity index (χ0n) is 15.3. The van der Waals surface area contributed by atoms with Gasteiger partial charge >= 0.3 is 0 Å². The van der Waals surface area contributed by atoms with Crippen molar-refractivity contribution >= 4 is 11.9 Å². The molecule has 0 saturated carbocycles. The van der Waals surface area contributed by atoms with Crippen LogP contribution in [-0.2, 0) is 4.74 Å². The van der Waals surface area contributed by atoms with Crippen molar-refractivity contribution in [3.8, 4) is 5.75 Å². The number of ether oxygens (including phenoxy) is 2. The number of carbonyl (C=O) groups is 1. The highest BCUT2D eigenvalue weighted by molar-refractivity contribution is 6.04. The summed E-state index contributed by atoms with van der Waals surface area (Å²) < 4.78 is 10.7. The molecule has 0 unspecified atom stereocenters. The SMILES string of the molecule is COc1ccc(C(=O)NC(=NCCCN(C)C)OCC(C)C)cc1. The smallest absolute Gasteiger partial charge is 0.291 e. The second kappa shape index (κ2) is 10.6. The van der Waals surface area contributed by atoms with Crippen molar-refractivity contribution in [3.63, 3.8) is 0 Å². The maximum atomic E-state index is 12.3. The average molecular weight is 335 g/mol. The van der Waals surface area contributed by atoms with Gasteiger partial charge in [-0.25, -0.2) is 4.99 Å². The first kappa shape index (κ1) is 20.0. The van der Waals surface area contributed by atoms with Gasteiger partial charge < -0.3 is 14.4 Å².